The molecule has 0 saturated carbocycles. The maximum atomic E-state index is 11.1. The van der Waals surface area contributed by atoms with E-state index in [9.17, 15) is 10.1 Å². The number of aromatic nitrogens is 2. The Morgan fingerprint density at radius 3 is 2.79 bits per heavy atom. The molecule has 0 saturated heterocycles. The first-order chi connectivity index (χ1) is 9.18. The minimum Gasteiger partial charge on any atom is -0.382 e. The van der Waals surface area contributed by atoms with Gasteiger partial charge in [-0.15, -0.1) is 5.10 Å². The Morgan fingerprint density at radius 2 is 2.00 bits per heavy atom. The smallest absolute Gasteiger partial charge is 0.294 e. The van der Waals surface area contributed by atoms with Gasteiger partial charge >= 0.3 is 0 Å². The molecule has 98 valence electrons. The number of benzene rings is 1. The van der Waals surface area contributed by atoms with Gasteiger partial charge in [0.05, 0.1) is 4.92 Å². The van der Waals surface area contributed by atoms with Crippen LogP contribution in [0.1, 0.15) is 24.1 Å². The fourth-order valence-corrected chi connectivity index (χ4v) is 2.62. The molecule has 6 nitrogen and oxygen atoms in total. The molecule has 0 bridgehead atoms. The second kappa shape index (κ2) is 4.38. The summed E-state index contributed by atoms with van der Waals surface area (Å²) in [5, 5.41) is 15.4. The van der Waals surface area contributed by atoms with Crippen molar-refractivity contribution in [1.29, 1.82) is 0 Å². The number of hydrogen-bond donors (Lipinski definition) is 1. The average molecular weight is 258 g/mol. The van der Waals surface area contributed by atoms with E-state index in [2.05, 4.69) is 5.10 Å². The summed E-state index contributed by atoms with van der Waals surface area (Å²) in [6.45, 7) is 0. The number of nitrogen functional groups attached to an aromatic ring is 1. The van der Waals surface area contributed by atoms with Crippen LogP contribution in [0.15, 0.2) is 24.3 Å². The lowest BCUT2D eigenvalue weighted by Crippen LogP contribution is -2.09. The normalized spacial score (nSPS) is 14.1. The summed E-state index contributed by atoms with van der Waals surface area (Å²) in [4.78, 5) is 10.7. The Labute approximate surface area is 110 Å². The third-order valence-corrected chi connectivity index (χ3v) is 3.52. The van der Waals surface area contributed by atoms with E-state index in [4.69, 9.17) is 5.73 Å². The Morgan fingerprint density at radius 1 is 1.26 bits per heavy atom. The van der Waals surface area contributed by atoms with Gasteiger partial charge in [-0.1, -0.05) is 12.1 Å². The van der Waals surface area contributed by atoms with Gasteiger partial charge in [0.1, 0.15) is 11.5 Å². The number of rotatable bonds is 2. The quantitative estimate of drug-likeness (QED) is 0.661. The number of para-hydroxylation sites is 2. The molecule has 1 aromatic heterocycles. The second-order valence-electron chi connectivity index (χ2n) is 4.68. The van der Waals surface area contributed by atoms with Crippen LogP contribution in [0.5, 0.6) is 0 Å². The van der Waals surface area contributed by atoms with Crippen LogP contribution in [-0.2, 0) is 12.8 Å². The van der Waals surface area contributed by atoms with Crippen molar-refractivity contribution in [2.75, 3.05) is 5.73 Å². The molecule has 0 unspecified atom stereocenters. The first-order valence-electron chi connectivity index (χ1n) is 6.28. The van der Waals surface area contributed by atoms with Crippen molar-refractivity contribution in [3.05, 3.63) is 45.6 Å². The highest BCUT2D eigenvalue weighted by Gasteiger charge is 2.23. The SMILES string of the molecule is Nc1nn(-c2ccccc2[N+](=O)[O-])c2c1CCCC2. The lowest BCUT2D eigenvalue weighted by atomic mass is 9.97. The topological polar surface area (TPSA) is 87.0 Å². The zero-order chi connectivity index (χ0) is 13.4. The van der Waals surface area contributed by atoms with Gasteiger partial charge in [-0.3, -0.25) is 10.1 Å². The number of fused-ring (bicyclic) bond motifs is 1. The van der Waals surface area contributed by atoms with Crippen LogP contribution in [0.4, 0.5) is 11.5 Å². The molecule has 19 heavy (non-hydrogen) atoms. The van der Waals surface area contributed by atoms with Crippen LogP contribution >= 0.6 is 0 Å². The van der Waals surface area contributed by atoms with Crippen molar-refractivity contribution < 1.29 is 4.92 Å². The van der Waals surface area contributed by atoms with Crippen molar-refractivity contribution >= 4 is 11.5 Å². The number of nitrogens with two attached hydrogens (primary N) is 1. The molecule has 0 atom stereocenters. The van der Waals surface area contributed by atoms with Gasteiger partial charge in [0, 0.05) is 17.3 Å². The van der Waals surface area contributed by atoms with Gasteiger partial charge in [-0.05, 0) is 31.7 Å². The molecule has 0 spiro atoms. The van der Waals surface area contributed by atoms with E-state index in [1.165, 1.54) is 6.07 Å². The molecule has 3 rings (SSSR count). The molecular formula is C13H14N4O2. The largest absolute Gasteiger partial charge is 0.382 e. The van der Waals surface area contributed by atoms with Crippen molar-refractivity contribution in [1.82, 2.24) is 9.78 Å². The fraction of sp³-hybridized carbons (Fsp3) is 0.308. The van der Waals surface area contributed by atoms with Gasteiger partial charge in [-0.2, -0.15) is 0 Å². The molecule has 1 heterocycles. The predicted molar refractivity (Wildman–Crippen MR) is 71.3 cm³/mol. The Bertz CT molecular complexity index is 648. The predicted octanol–water partition coefficient (Wildman–Crippen LogP) is 2.24. The third kappa shape index (κ3) is 1.85. The van der Waals surface area contributed by atoms with Crippen LogP contribution in [0.2, 0.25) is 0 Å². The lowest BCUT2D eigenvalue weighted by molar-refractivity contribution is -0.384. The Balaban J connectivity index is 2.20. The summed E-state index contributed by atoms with van der Waals surface area (Å²) in [5.74, 6) is 0.493. The summed E-state index contributed by atoms with van der Waals surface area (Å²) in [7, 11) is 0. The van der Waals surface area contributed by atoms with Crippen molar-refractivity contribution in [3.63, 3.8) is 0 Å². The van der Waals surface area contributed by atoms with E-state index < -0.39 is 0 Å². The summed E-state index contributed by atoms with van der Waals surface area (Å²) < 4.78 is 1.64. The molecule has 2 N–H and O–H groups in total. The van der Waals surface area contributed by atoms with Crippen LogP contribution in [0, 0.1) is 10.1 Å². The van der Waals surface area contributed by atoms with E-state index in [-0.39, 0.29) is 10.6 Å². The van der Waals surface area contributed by atoms with Gasteiger partial charge in [0.15, 0.2) is 0 Å². The summed E-state index contributed by atoms with van der Waals surface area (Å²) in [6, 6.07) is 6.62. The Hall–Kier alpha value is -2.37. The van der Waals surface area contributed by atoms with E-state index in [1.807, 2.05) is 0 Å². The van der Waals surface area contributed by atoms with Crippen molar-refractivity contribution in [3.8, 4) is 5.69 Å². The van der Waals surface area contributed by atoms with E-state index >= 15 is 0 Å². The fourth-order valence-electron chi connectivity index (χ4n) is 2.62. The number of nitro benzene ring substituents is 1. The summed E-state index contributed by atoms with van der Waals surface area (Å²) in [6.07, 6.45) is 3.94. The van der Waals surface area contributed by atoms with Gasteiger partial charge < -0.3 is 5.73 Å². The number of hydrogen-bond acceptors (Lipinski definition) is 4. The van der Waals surface area contributed by atoms with E-state index in [1.54, 1.807) is 22.9 Å². The minimum absolute atomic E-state index is 0.0540. The molecule has 0 radical (unpaired) electrons. The number of nitro groups is 1. The average Bonchev–Trinajstić information content (AvgIpc) is 2.77. The Kier molecular flexibility index (Phi) is 2.70. The molecule has 2 aromatic rings. The highest BCUT2D eigenvalue weighted by molar-refractivity contribution is 5.56. The molecule has 0 fully saturated rings. The summed E-state index contributed by atoms with van der Waals surface area (Å²) >= 11 is 0. The molecular weight excluding hydrogens is 244 g/mol. The molecule has 0 aliphatic heterocycles. The van der Waals surface area contributed by atoms with Crippen molar-refractivity contribution in [2.45, 2.75) is 25.7 Å². The summed E-state index contributed by atoms with van der Waals surface area (Å²) in [5.41, 5.74) is 8.52. The lowest BCUT2D eigenvalue weighted by Gasteiger charge is -2.13. The van der Waals surface area contributed by atoms with E-state index in [0.29, 0.717) is 11.5 Å². The van der Waals surface area contributed by atoms with Gasteiger partial charge in [0.25, 0.3) is 5.69 Å². The zero-order valence-corrected chi connectivity index (χ0v) is 10.4. The highest BCUT2D eigenvalue weighted by atomic mass is 16.6. The molecule has 1 aromatic carbocycles. The zero-order valence-electron chi connectivity index (χ0n) is 10.4. The van der Waals surface area contributed by atoms with Gasteiger partial charge in [0.2, 0.25) is 0 Å². The first kappa shape index (κ1) is 11.7. The first-order valence-corrected chi connectivity index (χ1v) is 6.28. The van der Waals surface area contributed by atoms with Crippen LogP contribution in [0.3, 0.4) is 0 Å². The molecule has 6 heteroatoms. The minimum atomic E-state index is -0.386. The number of nitrogens with zero attached hydrogens (tertiary/aromatic N) is 3. The maximum Gasteiger partial charge on any atom is 0.294 e. The van der Waals surface area contributed by atoms with Gasteiger partial charge in [-0.25, -0.2) is 4.68 Å². The maximum absolute atomic E-state index is 11.1. The second-order valence-corrected chi connectivity index (χ2v) is 4.68. The third-order valence-electron chi connectivity index (χ3n) is 3.52. The van der Waals surface area contributed by atoms with E-state index in [0.717, 1.165) is 36.9 Å². The monoisotopic (exact) mass is 258 g/mol. The molecule has 0 amide bonds. The number of anilines is 1. The molecule has 1 aliphatic carbocycles. The molecule has 1 aliphatic rings. The highest BCUT2D eigenvalue weighted by Crippen LogP contribution is 2.31. The van der Waals surface area contributed by atoms with Crippen LogP contribution < -0.4 is 5.73 Å². The van der Waals surface area contributed by atoms with Crippen molar-refractivity contribution in [2.24, 2.45) is 0 Å². The van der Waals surface area contributed by atoms with Crippen LogP contribution in [0.25, 0.3) is 5.69 Å². The standard InChI is InChI=1S/C13H14N4O2/c14-13-9-5-1-2-6-10(9)16(15-13)11-7-3-4-8-12(11)17(18)19/h3-4,7-8H,1-2,5-6H2,(H2,14,15). The van der Waals surface area contributed by atoms with Crippen LogP contribution in [-0.4, -0.2) is 14.7 Å².